The Bertz CT molecular complexity index is 918. The van der Waals surface area contributed by atoms with Crippen molar-refractivity contribution in [1.82, 2.24) is 19.8 Å². The minimum Gasteiger partial charge on any atom is -0.358 e. The number of nitrogens with one attached hydrogen (secondary N) is 2. The molecule has 128 valence electrons. The molecule has 0 atom stereocenters. The molecule has 2 N–H and O–H groups in total. The van der Waals surface area contributed by atoms with Gasteiger partial charge in [0, 0.05) is 49.0 Å². The number of amides is 2. The van der Waals surface area contributed by atoms with Gasteiger partial charge in [-0.2, -0.15) is 0 Å². The number of rotatable bonds is 2. The van der Waals surface area contributed by atoms with Crippen LogP contribution in [0.1, 0.15) is 26.5 Å². The van der Waals surface area contributed by atoms with E-state index in [0.29, 0.717) is 31.9 Å². The number of hydrogen-bond donors (Lipinski definition) is 2. The maximum Gasteiger partial charge on any atom is 0.270 e. The molecule has 0 radical (unpaired) electrons. The highest BCUT2D eigenvalue weighted by atomic mass is 16.2. The zero-order valence-electron chi connectivity index (χ0n) is 14.1. The Balaban J connectivity index is 1.50. The number of fused-ring (bicyclic) bond motifs is 1. The standard InChI is InChI=1S/C19H20N4O2/c1-13-17(14-5-2-3-6-15(14)21-13)19(25)23-11-9-22(10-12-23)18(24)16-7-4-8-20-16/h2-8,20-21H,9-12H2,1H3. The molecule has 2 aromatic heterocycles. The van der Waals surface area contributed by atoms with Gasteiger partial charge in [0.05, 0.1) is 5.56 Å². The number of benzene rings is 1. The highest BCUT2D eigenvalue weighted by molar-refractivity contribution is 6.08. The quantitative estimate of drug-likeness (QED) is 0.754. The van der Waals surface area contributed by atoms with Crippen LogP contribution in [0.2, 0.25) is 0 Å². The van der Waals surface area contributed by atoms with Crippen LogP contribution in [0.15, 0.2) is 42.6 Å². The summed E-state index contributed by atoms with van der Waals surface area (Å²) in [6.07, 6.45) is 1.74. The molecule has 1 aliphatic heterocycles. The monoisotopic (exact) mass is 336 g/mol. The fourth-order valence-corrected chi connectivity index (χ4v) is 3.46. The molecule has 0 spiro atoms. The first kappa shape index (κ1) is 15.5. The van der Waals surface area contributed by atoms with Crippen molar-refractivity contribution in [3.63, 3.8) is 0 Å². The molecular weight excluding hydrogens is 316 g/mol. The number of aryl methyl sites for hydroxylation is 1. The zero-order valence-corrected chi connectivity index (χ0v) is 14.1. The third kappa shape index (κ3) is 2.69. The summed E-state index contributed by atoms with van der Waals surface area (Å²) >= 11 is 0. The summed E-state index contributed by atoms with van der Waals surface area (Å²) in [5.41, 5.74) is 3.19. The lowest BCUT2D eigenvalue weighted by molar-refractivity contribution is 0.0533. The van der Waals surface area contributed by atoms with Crippen LogP contribution >= 0.6 is 0 Å². The first-order chi connectivity index (χ1) is 12.1. The Morgan fingerprint density at radius 1 is 0.920 bits per heavy atom. The van der Waals surface area contributed by atoms with Gasteiger partial charge in [0.1, 0.15) is 5.69 Å². The number of para-hydroxylation sites is 1. The van der Waals surface area contributed by atoms with E-state index in [0.717, 1.165) is 22.2 Å². The summed E-state index contributed by atoms with van der Waals surface area (Å²) in [4.78, 5) is 35.2. The van der Waals surface area contributed by atoms with Crippen LogP contribution in [-0.4, -0.2) is 57.8 Å². The van der Waals surface area contributed by atoms with E-state index < -0.39 is 0 Å². The van der Waals surface area contributed by atoms with E-state index >= 15 is 0 Å². The Hall–Kier alpha value is -3.02. The average molecular weight is 336 g/mol. The number of hydrogen-bond acceptors (Lipinski definition) is 2. The van der Waals surface area contributed by atoms with E-state index in [1.54, 1.807) is 17.2 Å². The molecule has 1 aromatic carbocycles. The van der Waals surface area contributed by atoms with Crippen LogP contribution in [0.25, 0.3) is 10.9 Å². The predicted molar refractivity (Wildman–Crippen MR) is 95.6 cm³/mol. The normalized spacial score (nSPS) is 14.9. The Kier molecular flexibility index (Phi) is 3.80. The number of aromatic nitrogens is 2. The summed E-state index contributed by atoms with van der Waals surface area (Å²) in [5.74, 6) is 0.0160. The first-order valence-corrected chi connectivity index (χ1v) is 8.44. The molecule has 6 nitrogen and oxygen atoms in total. The molecule has 1 saturated heterocycles. The zero-order chi connectivity index (χ0) is 17.4. The highest BCUT2D eigenvalue weighted by Gasteiger charge is 2.28. The largest absolute Gasteiger partial charge is 0.358 e. The number of H-pyrrole nitrogens is 2. The summed E-state index contributed by atoms with van der Waals surface area (Å²) in [7, 11) is 0. The molecular formula is C19H20N4O2. The fourth-order valence-electron chi connectivity index (χ4n) is 3.46. The molecule has 0 bridgehead atoms. The molecule has 4 rings (SSSR count). The van der Waals surface area contributed by atoms with Gasteiger partial charge in [0.15, 0.2) is 0 Å². The van der Waals surface area contributed by atoms with Crippen molar-refractivity contribution in [1.29, 1.82) is 0 Å². The van der Waals surface area contributed by atoms with Gasteiger partial charge >= 0.3 is 0 Å². The molecule has 0 saturated carbocycles. The van der Waals surface area contributed by atoms with E-state index in [-0.39, 0.29) is 11.8 Å². The Morgan fingerprint density at radius 2 is 1.60 bits per heavy atom. The van der Waals surface area contributed by atoms with Gasteiger partial charge in [-0.05, 0) is 25.1 Å². The van der Waals surface area contributed by atoms with E-state index in [1.807, 2.05) is 42.2 Å². The first-order valence-electron chi connectivity index (χ1n) is 8.44. The molecule has 0 aliphatic carbocycles. The Labute approximate surface area is 145 Å². The van der Waals surface area contributed by atoms with Crippen molar-refractivity contribution < 1.29 is 9.59 Å². The number of aromatic amines is 2. The van der Waals surface area contributed by atoms with Gasteiger partial charge in [0.2, 0.25) is 0 Å². The highest BCUT2D eigenvalue weighted by Crippen LogP contribution is 2.24. The molecule has 3 heterocycles. The van der Waals surface area contributed by atoms with Crippen LogP contribution in [0, 0.1) is 6.92 Å². The minimum atomic E-state index is -0.0135. The number of carbonyl (C=O) groups is 2. The summed E-state index contributed by atoms with van der Waals surface area (Å²) in [5, 5.41) is 0.954. The van der Waals surface area contributed by atoms with Gasteiger partial charge in [-0.25, -0.2) is 0 Å². The number of carbonyl (C=O) groups excluding carboxylic acids is 2. The number of nitrogens with zero attached hydrogens (tertiary/aromatic N) is 2. The second-order valence-electron chi connectivity index (χ2n) is 6.34. The molecule has 2 amide bonds. The van der Waals surface area contributed by atoms with Gasteiger partial charge < -0.3 is 19.8 Å². The summed E-state index contributed by atoms with van der Waals surface area (Å²) < 4.78 is 0. The van der Waals surface area contributed by atoms with Crippen molar-refractivity contribution in [3.05, 3.63) is 59.5 Å². The predicted octanol–water partition coefficient (Wildman–Crippen LogP) is 2.40. The topological polar surface area (TPSA) is 72.2 Å². The molecule has 1 aliphatic rings. The van der Waals surface area contributed by atoms with Crippen LogP contribution in [0.5, 0.6) is 0 Å². The maximum atomic E-state index is 13.0. The van der Waals surface area contributed by atoms with Crippen LogP contribution in [0.4, 0.5) is 0 Å². The number of piperazine rings is 1. The van der Waals surface area contributed by atoms with Crippen molar-refractivity contribution >= 4 is 22.7 Å². The molecule has 0 unspecified atom stereocenters. The molecule has 6 heteroatoms. The van der Waals surface area contributed by atoms with Gasteiger partial charge in [-0.3, -0.25) is 9.59 Å². The lowest BCUT2D eigenvalue weighted by Crippen LogP contribution is -2.50. The van der Waals surface area contributed by atoms with Crippen LogP contribution < -0.4 is 0 Å². The van der Waals surface area contributed by atoms with Crippen LogP contribution in [-0.2, 0) is 0 Å². The second kappa shape index (κ2) is 6.12. The summed E-state index contributed by atoms with van der Waals surface area (Å²) in [6, 6.07) is 11.4. The van der Waals surface area contributed by atoms with Crippen molar-refractivity contribution in [2.75, 3.05) is 26.2 Å². The van der Waals surface area contributed by atoms with Crippen molar-refractivity contribution in [2.45, 2.75) is 6.92 Å². The van der Waals surface area contributed by atoms with E-state index in [2.05, 4.69) is 9.97 Å². The van der Waals surface area contributed by atoms with Gasteiger partial charge in [0.25, 0.3) is 11.8 Å². The van der Waals surface area contributed by atoms with E-state index in [4.69, 9.17) is 0 Å². The molecule has 3 aromatic rings. The lowest BCUT2D eigenvalue weighted by atomic mass is 10.1. The average Bonchev–Trinajstić information content (AvgIpc) is 3.27. The fraction of sp³-hybridized carbons (Fsp3) is 0.263. The van der Waals surface area contributed by atoms with Gasteiger partial charge in [-0.15, -0.1) is 0 Å². The second-order valence-corrected chi connectivity index (χ2v) is 6.34. The lowest BCUT2D eigenvalue weighted by Gasteiger charge is -2.34. The van der Waals surface area contributed by atoms with E-state index in [1.165, 1.54) is 0 Å². The molecule has 1 fully saturated rings. The van der Waals surface area contributed by atoms with Crippen molar-refractivity contribution in [2.24, 2.45) is 0 Å². The van der Waals surface area contributed by atoms with Gasteiger partial charge in [-0.1, -0.05) is 18.2 Å². The Morgan fingerprint density at radius 3 is 2.28 bits per heavy atom. The minimum absolute atomic E-state index is 0.0135. The maximum absolute atomic E-state index is 13.0. The van der Waals surface area contributed by atoms with E-state index in [9.17, 15) is 9.59 Å². The summed E-state index contributed by atoms with van der Waals surface area (Å²) in [6.45, 7) is 4.11. The SMILES string of the molecule is Cc1[nH]c2ccccc2c1C(=O)N1CCN(C(=O)c2ccc[nH]2)CC1. The third-order valence-electron chi connectivity index (χ3n) is 4.79. The molecule has 25 heavy (non-hydrogen) atoms. The van der Waals surface area contributed by atoms with Crippen LogP contribution in [0.3, 0.4) is 0 Å². The third-order valence-corrected chi connectivity index (χ3v) is 4.79. The smallest absolute Gasteiger partial charge is 0.270 e. The van der Waals surface area contributed by atoms with Crippen molar-refractivity contribution in [3.8, 4) is 0 Å².